The minimum Gasteiger partial charge on any atom is -0.462 e. The zero-order valence-electron chi connectivity index (χ0n) is 54.9. The lowest BCUT2D eigenvalue weighted by atomic mass is 10.0. The highest BCUT2D eigenvalue weighted by Gasteiger charge is 2.19. The van der Waals surface area contributed by atoms with Crippen molar-refractivity contribution in [3.63, 3.8) is 0 Å². The number of ether oxygens (including phenoxy) is 3. The van der Waals surface area contributed by atoms with Gasteiger partial charge in [0.25, 0.3) is 0 Å². The second-order valence-electron chi connectivity index (χ2n) is 23.7. The first-order chi connectivity index (χ1) is 41.0. The van der Waals surface area contributed by atoms with Gasteiger partial charge in [0, 0.05) is 19.3 Å². The number of carbonyl (C=O) groups excluding carboxylic acids is 3. The van der Waals surface area contributed by atoms with Gasteiger partial charge in [-0.15, -0.1) is 0 Å². The summed E-state index contributed by atoms with van der Waals surface area (Å²) in [7, 11) is 0. The van der Waals surface area contributed by atoms with Crippen LogP contribution in [0.15, 0.2) is 97.2 Å². The van der Waals surface area contributed by atoms with Crippen LogP contribution in [0.25, 0.3) is 0 Å². The Hall–Kier alpha value is -3.67. The van der Waals surface area contributed by atoms with E-state index >= 15 is 0 Å². The van der Waals surface area contributed by atoms with Gasteiger partial charge in [-0.2, -0.15) is 0 Å². The van der Waals surface area contributed by atoms with Crippen LogP contribution >= 0.6 is 0 Å². The summed E-state index contributed by atoms with van der Waals surface area (Å²) in [5, 5.41) is 0. The third kappa shape index (κ3) is 69.0. The molecule has 0 fully saturated rings. The molecule has 0 aliphatic rings. The lowest BCUT2D eigenvalue weighted by molar-refractivity contribution is -0.167. The number of hydrogen-bond acceptors (Lipinski definition) is 6. The van der Waals surface area contributed by atoms with E-state index in [1.807, 2.05) is 0 Å². The molecule has 0 aromatic heterocycles. The van der Waals surface area contributed by atoms with Crippen molar-refractivity contribution in [1.29, 1.82) is 0 Å². The molecule has 0 radical (unpaired) electrons. The van der Waals surface area contributed by atoms with Crippen LogP contribution < -0.4 is 0 Å². The normalized spacial score (nSPS) is 12.7. The summed E-state index contributed by atoms with van der Waals surface area (Å²) in [4.78, 5) is 38.3. The quantitative estimate of drug-likeness (QED) is 0.0261. The molecule has 0 heterocycles. The first-order valence-corrected chi connectivity index (χ1v) is 35.7. The SMILES string of the molecule is CC/C=C\C/C=C\C/C=C\C/C=C\CCCCC(=O)OCC(COC(=O)CCCCCCCCCCCCCCCCCCCCCCCCCCCCCCCCCCCCC)OC(=O)CCCC/C=C\C/C=C\C/C=C\C/C=C\CC. The minimum absolute atomic E-state index is 0.106. The van der Waals surface area contributed by atoms with Gasteiger partial charge in [-0.1, -0.05) is 336 Å². The summed E-state index contributed by atoms with van der Waals surface area (Å²) in [5.74, 6) is -0.980. The largest absolute Gasteiger partial charge is 0.462 e. The molecule has 1 unspecified atom stereocenters. The van der Waals surface area contributed by atoms with E-state index in [2.05, 4.69) is 118 Å². The molecule has 0 aromatic rings. The molecule has 0 spiro atoms. The van der Waals surface area contributed by atoms with Crippen LogP contribution in [-0.4, -0.2) is 37.2 Å². The topological polar surface area (TPSA) is 78.9 Å². The van der Waals surface area contributed by atoms with E-state index < -0.39 is 6.10 Å². The molecule has 6 heteroatoms. The van der Waals surface area contributed by atoms with Crippen LogP contribution in [-0.2, 0) is 28.6 Å². The molecule has 0 aromatic carbocycles. The summed E-state index contributed by atoms with van der Waals surface area (Å²) in [6, 6.07) is 0. The van der Waals surface area contributed by atoms with Crippen molar-refractivity contribution in [2.45, 2.75) is 361 Å². The Morgan fingerprint density at radius 1 is 0.253 bits per heavy atom. The Bertz CT molecular complexity index is 1610. The highest BCUT2D eigenvalue weighted by atomic mass is 16.6. The molecular formula is C77H134O6. The van der Waals surface area contributed by atoms with E-state index in [1.54, 1.807) is 0 Å². The van der Waals surface area contributed by atoms with Crippen LogP contribution in [0.1, 0.15) is 355 Å². The molecule has 0 N–H and O–H groups in total. The second-order valence-corrected chi connectivity index (χ2v) is 23.7. The minimum atomic E-state index is -0.818. The van der Waals surface area contributed by atoms with E-state index in [0.29, 0.717) is 19.3 Å². The molecule has 0 aliphatic carbocycles. The van der Waals surface area contributed by atoms with Gasteiger partial charge in [0.2, 0.25) is 0 Å². The van der Waals surface area contributed by atoms with Gasteiger partial charge in [-0.3, -0.25) is 14.4 Å². The van der Waals surface area contributed by atoms with Gasteiger partial charge in [-0.25, -0.2) is 0 Å². The van der Waals surface area contributed by atoms with E-state index in [-0.39, 0.29) is 37.5 Å². The number of carbonyl (C=O) groups is 3. The number of hydrogen-bond donors (Lipinski definition) is 0. The fourth-order valence-corrected chi connectivity index (χ4v) is 10.3. The Labute approximate surface area is 515 Å². The molecule has 83 heavy (non-hydrogen) atoms. The van der Waals surface area contributed by atoms with Crippen molar-refractivity contribution >= 4 is 17.9 Å². The lowest BCUT2D eigenvalue weighted by Crippen LogP contribution is -2.30. The van der Waals surface area contributed by atoms with Gasteiger partial charge in [0.1, 0.15) is 13.2 Å². The van der Waals surface area contributed by atoms with Crippen molar-refractivity contribution in [2.75, 3.05) is 13.2 Å². The fraction of sp³-hybridized carbons (Fsp3) is 0.753. The number of allylic oxidation sites excluding steroid dienone is 16. The highest BCUT2D eigenvalue weighted by Crippen LogP contribution is 2.18. The fourth-order valence-electron chi connectivity index (χ4n) is 10.3. The zero-order valence-corrected chi connectivity index (χ0v) is 54.9. The Balaban J connectivity index is 4.14. The highest BCUT2D eigenvalue weighted by molar-refractivity contribution is 5.71. The van der Waals surface area contributed by atoms with Crippen LogP contribution in [0.5, 0.6) is 0 Å². The zero-order chi connectivity index (χ0) is 59.9. The van der Waals surface area contributed by atoms with Crippen molar-refractivity contribution in [2.24, 2.45) is 0 Å². The van der Waals surface area contributed by atoms with Crippen molar-refractivity contribution in [1.82, 2.24) is 0 Å². The van der Waals surface area contributed by atoms with Crippen molar-refractivity contribution < 1.29 is 28.6 Å². The van der Waals surface area contributed by atoms with Gasteiger partial charge < -0.3 is 14.2 Å². The van der Waals surface area contributed by atoms with Gasteiger partial charge in [0.15, 0.2) is 6.10 Å². The molecule has 0 rings (SSSR count). The molecular weight excluding hydrogens is 1020 g/mol. The Morgan fingerprint density at radius 2 is 0.470 bits per heavy atom. The number of rotatable bonds is 65. The van der Waals surface area contributed by atoms with Gasteiger partial charge >= 0.3 is 17.9 Å². The molecule has 0 saturated heterocycles. The summed E-state index contributed by atoms with van der Waals surface area (Å²) in [5.41, 5.74) is 0. The van der Waals surface area contributed by atoms with E-state index in [0.717, 1.165) is 103 Å². The maximum atomic E-state index is 12.9. The summed E-state index contributed by atoms with van der Waals surface area (Å²) in [6.07, 6.45) is 96.3. The molecule has 0 saturated carbocycles. The molecule has 0 aliphatic heterocycles. The standard InChI is InChI=1S/C77H134O6/c1-4-7-10-13-16-19-22-25-28-29-30-31-32-33-34-35-36-37-38-39-40-41-42-43-44-45-46-47-50-52-55-58-61-64-67-70-76(79)82-73-74(83-77(80)71-68-65-62-59-56-53-49-27-24-21-18-15-12-9-6-3)72-81-75(78)69-66-63-60-57-54-51-48-26-23-20-17-14-11-8-5-2/h8-9,11-12,17-18,20-21,26-27,48-49,54,56-57,59,74H,4-7,10,13-16,19,22-25,28-47,50-53,55,58,60-73H2,1-3H3/b11-8-,12-9-,20-17-,21-18-,48-26-,49-27-,57-54-,59-56-. The lowest BCUT2D eigenvalue weighted by Gasteiger charge is -2.18. The van der Waals surface area contributed by atoms with Crippen LogP contribution in [0, 0.1) is 0 Å². The smallest absolute Gasteiger partial charge is 0.306 e. The molecule has 1 atom stereocenters. The number of esters is 3. The number of unbranched alkanes of at least 4 members (excludes halogenated alkanes) is 38. The molecule has 6 nitrogen and oxygen atoms in total. The van der Waals surface area contributed by atoms with E-state index in [9.17, 15) is 14.4 Å². The maximum Gasteiger partial charge on any atom is 0.306 e. The van der Waals surface area contributed by atoms with Gasteiger partial charge in [0.05, 0.1) is 0 Å². The van der Waals surface area contributed by atoms with E-state index in [4.69, 9.17) is 14.2 Å². The van der Waals surface area contributed by atoms with Crippen molar-refractivity contribution in [3.8, 4) is 0 Å². The molecule has 0 bridgehead atoms. The second kappa shape index (κ2) is 70.8. The summed E-state index contributed by atoms with van der Waals surface area (Å²) >= 11 is 0. The van der Waals surface area contributed by atoms with Crippen molar-refractivity contribution in [3.05, 3.63) is 97.2 Å². The average molecular weight is 1160 g/mol. The van der Waals surface area contributed by atoms with Gasteiger partial charge in [-0.05, 0) is 96.3 Å². The first-order valence-electron chi connectivity index (χ1n) is 35.7. The Morgan fingerprint density at radius 3 is 0.735 bits per heavy atom. The van der Waals surface area contributed by atoms with Crippen LogP contribution in [0.3, 0.4) is 0 Å². The maximum absolute atomic E-state index is 12.9. The van der Waals surface area contributed by atoms with E-state index in [1.165, 1.54) is 205 Å². The first kappa shape index (κ1) is 79.3. The monoisotopic (exact) mass is 1160 g/mol. The molecule has 478 valence electrons. The third-order valence-electron chi connectivity index (χ3n) is 15.6. The predicted molar refractivity (Wildman–Crippen MR) is 362 cm³/mol. The predicted octanol–water partition coefficient (Wildman–Crippen LogP) is 24.8. The Kier molecular flexibility index (Phi) is 67.7. The summed E-state index contributed by atoms with van der Waals surface area (Å²) in [6.45, 7) is 6.38. The van der Waals surface area contributed by atoms with Crippen LogP contribution in [0.2, 0.25) is 0 Å². The van der Waals surface area contributed by atoms with Crippen LogP contribution in [0.4, 0.5) is 0 Å². The average Bonchev–Trinajstić information content (AvgIpc) is 3.49. The third-order valence-corrected chi connectivity index (χ3v) is 15.6. The molecule has 0 amide bonds. The summed E-state index contributed by atoms with van der Waals surface area (Å²) < 4.78 is 16.9.